The van der Waals surface area contributed by atoms with Crippen LogP contribution in [-0.2, 0) is 0 Å². The molecule has 0 aliphatic carbocycles. The molecule has 1 heteroatoms. The van der Waals surface area contributed by atoms with Crippen molar-refractivity contribution in [2.45, 2.75) is 67.9 Å². The summed E-state index contributed by atoms with van der Waals surface area (Å²) in [5.41, 5.74) is 3.68. The smallest absolute Gasteiger partial charge is 0.0230 e. The summed E-state index contributed by atoms with van der Waals surface area (Å²) in [4.78, 5) is 2.63. The molecule has 1 aliphatic rings. The summed E-state index contributed by atoms with van der Waals surface area (Å²) < 4.78 is 0. The van der Waals surface area contributed by atoms with Gasteiger partial charge in [0.25, 0.3) is 0 Å². The summed E-state index contributed by atoms with van der Waals surface area (Å²) >= 11 is 0. The van der Waals surface area contributed by atoms with Crippen LogP contribution in [0.2, 0.25) is 0 Å². The standard InChI is InChI=1S/C16H31N/c1-11(2)14-15(12(3)4)17(13(5)6)10-9-16(14,7)8/h11-13H,9-10H2,1-8H3. The molecule has 17 heavy (non-hydrogen) atoms. The molecule has 1 nitrogen and oxygen atoms in total. The molecule has 0 aromatic rings. The number of nitrogens with zero attached hydrogens (tertiary/aromatic N) is 1. The Morgan fingerprint density at radius 2 is 1.47 bits per heavy atom. The number of hydrogen-bond acceptors (Lipinski definition) is 1. The summed E-state index contributed by atoms with van der Waals surface area (Å²) in [7, 11) is 0. The second-order valence-corrected chi connectivity index (χ2v) is 7.03. The van der Waals surface area contributed by atoms with Crippen LogP contribution >= 0.6 is 0 Å². The van der Waals surface area contributed by atoms with E-state index >= 15 is 0 Å². The molecule has 0 saturated heterocycles. The van der Waals surface area contributed by atoms with E-state index < -0.39 is 0 Å². The summed E-state index contributed by atoms with van der Waals surface area (Å²) in [5, 5.41) is 0. The number of allylic oxidation sites excluding steroid dienone is 2. The van der Waals surface area contributed by atoms with Gasteiger partial charge in [0.15, 0.2) is 0 Å². The topological polar surface area (TPSA) is 3.24 Å². The van der Waals surface area contributed by atoms with Crippen molar-refractivity contribution in [3.8, 4) is 0 Å². The van der Waals surface area contributed by atoms with Crippen LogP contribution in [0, 0.1) is 17.3 Å². The second kappa shape index (κ2) is 5.04. The molecule has 1 aliphatic heterocycles. The van der Waals surface area contributed by atoms with Crippen molar-refractivity contribution in [1.82, 2.24) is 4.90 Å². The molecule has 0 amide bonds. The van der Waals surface area contributed by atoms with Crippen molar-refractivity contribution in [2.75, 3.05) is 6.54 Å². The maximum atomic E-state index is 2.63. The third-order valence-electron chi connectivity index (χ3n) is 4.04. The zero-order valence-corrected chi connectivity index (χ0v) is 13.1. The molecule has 100 valence electrons. The van der Waals surface area contributed by atoms with Crippen molar-refractivity contribution in [3.05, 3.63) is 11.3 Å². The minimum absolute atomic E-state index is 0.374. The monoisotopic (exact) mass is 237 g/mol. The van der Waals surface area contributed by atoms with Crippen LogP contribution in [-0.4, -0.2) is 17.5 Å². The quantitative estimate of drug-likeness (QED) is 0.688. The lowest BCUT2D eigenvalue weighted by Crippen LogP contribution is -2.43. The highest BCUT2D eigenvalue weighted by Crippen LogP contribution is 2.44. The second-order valence-electron chi connectivity index (χ2n) is 7.03. The van der Waals surface area contributed by atoms with Crippen LogP contribution < -0.4 is 0 Å². The summed E-state index contributed by atoms with van der Waals surface area (Å²) in [6.45, 7) is 20.1. The average molecular weight is 237 g/mol. The van der Waals surface area contributed by atoms with Gasteiger partial charge in [0.2, 0.25) is 0 Å². The first-order valence-electron chi connectivity index (χ1n) is 7.19. The fraction of sp³-hybridized carbons (Fsp3) is 0.875. The molecule has 0 atom stereocenters. The fourth-order valence-electron chi connectivity index (χ4n) is 3.41. The lowest BCUT2D eigenvalue weighted by Gasteiger charge is -2.47. The number of rotatable bonds is 3. The predicted molar refractivity (Wildman–Crippen MR) is 76.9 cm³/mol. The van der Waals surface area contributed by atoms with E-state index in [4.69, 9.17) is 0 Å². The van der Waals surface area contributed by atoms with Crippen molar-refractivity contribution >= 4 is 0 Å². The van der Waals surface area contributed by atoms with E-state index in [0.29, 0.717) is 23.3 Å². The van der Waals surface area contributed by atoms with Crippen LogP contribution in [0.15, 0.2) is 11.3 Å². The Morgan fingerprint density at radius 1 is 0.941 bits per heavy atom. The van der Waals surface area contributed by atoms with Gasteiger partial charge in [-0.15, -0.1) is 0 Å². The molecule has 0 N–H and O–H groups in total. The van der Waals surface area contributed by atoms with E-state index in [1.807, 2.05) is 0 Å². The molecule has 0 aromatic carbocycles. The van der Waals surface area contributed by atoms with Gasteiger partial charge in [-0.3, -0.25) is 0 Å². The average Bonchev–Trinajstić information content (AvgIpc) is 2.14. The van der Waals surface area contributed by atoms with E-state index in [1.165, 1.54) is 13.0 Å². The molecule has 0 saturated carbocycles. The molecule has 1 rings (SSSR count). The fourth-order valence-corrected chi connectivity index (χ4v) is 3.41. The molecule has 0 unspecified atom stereocenters. The van der Waals surface area contributed by atoms with Gasteiger partial charge in [0, 0.05) is 18.3 Å². The van der Waals surface area contributed by atoms with E-state index in [-0.39, 0.29) is 0 Å². The largest absolute Gasteiger partial charge is 0.372 e. The third kappa shape index (κ3) is 2.86. The van der Waals surface area contributed by atoms with Crippen molar-refractivity contribution in [3.63, 3.8) is 0 Å². The Morgan fingerprint density at radius 3 is 1.82 bits per heavy atom. The Bertz CT molecular complexity index is 295. The van der Waals surface area contributed by atoms with Crippen LogP contribution in [0.25, 0.3) is 0 Å². The zero-order valence-electron chi connectivity index (χ0n) is 13.1. The van der Waals surface area contributed by atoms with Gasteiger partial charge in [-0.2, -0.15) is 0 Å². The van der Waals surface area contributed by atoms with E-state index in [9.17, 15) is 0 Å². The van der Waals surface area contributed by atoms with Gasteiger partial charge in [0.1, 0.15) is 0 Å². The Hall–Kier alpha value is -0.460. The Labute approximate surface area is 108 Å². The van der Waals surface area contributed by atoms with Gasteiger partial charge in [0.05, 0.1) is 0 Å². The maximum absolute atomic E-state index is 2.63. The van der Waals surface area contributed by atoms with Crippen LogP contribution in [0.4, 0.5) is 0 Å². The molecule has 1 heterocycles. The van der Waals surface area contributed by atoms with Gasteiger partial charge in [-0.25, -0.2) is 0 Å². The highest BCUT2D eigenvalue weighted by Gasteiger charge is 2.36. The number of hydrogen-bond donors (Lipinski definition) is 0. The van der Waals surface area contributed by atoms with Gasteiger partial charge < -0.3 is 4.90 Å². The van der Waals surface area contributed by atoms with Crippen LogP contribution in [0.3, 0.4) is 0 Å². The molecule has 0 spiro atoms. The summed E-state index contributed by atoms with van der Waals surface area (Å²) in [6.07, 6.45) is 1.29. The lowest BCUT2D eigenvalue weighted by molar-refractivity contribution is 0.175. The third-order valence-corrected chi connectivity index (χ3v) is 4.04. The summed E-state index contributed by atoms with van der Waals surface area (Å²) in [5.74, 6) is 1.29. The lowest BCUT2D eigenvalue weighted by atomic mass is 9.71. The molecular weight excluding hydrogens is 206 g/mol. The van der Waals surface area contributed by atoms with Gasteiger partial charge in [-0.1, -0.05) is 41.5 Å². The normalized spacial score (nSPS) is 21.0. The van der Waals surface area contributed by atoms with Gasteiger partial charge >= 0.3 is 0 Å². The molecule has 0 radical (unpaired) electrons. The van der Waals surface area contributed by atoms with Crippen LogP contribution in [0.1, 0.15) is 61.8 Å². The Balaban J connectivity index is 3.33. The minimum Gasteiger partial charge on any atom is -0.372 e. The molecule has 0 bridgehead atoms. The van der Waals surface area contributed by atoms with E-state index in [0.717, 1.165) is 0 Å². The highest BCUT2D eigenvalue weighted by molar-refractivity contribution is 5.26. The maximum Gasteiger partial charge on any atom is 0.0230 e. The molecule has 0 fully saturated rings. The molecular formula is C16H31N. The molecule has 0 aromatic heterocycles. The van der Waals surface area contributed by atoms with Crippen LogP contribution in [0.5, 0.6) is 0 Å². The first kappa shape index (κ1) is 14.6. The van der Waals surface area contributed by atoms with Crippen molar-refractivity contribution in [1.29, 1.82) is 0 Å². The van der Waals surface area contributed by atoms with E-state index in [1.54, 1.807) is 11.3 Å². The zero-order chi connectivity index (χ0) is 13.4. The van der Waals surface area contributed by atoms with Gasteiger partial charge in [-0.05, 0) is 43.1 Å². The van der Waals surface area contributed by atoms with Crippen molar-refractivity contribution in [2.24, 2.45) is 17.3 Å². The first-order valence-corrected chi connectivity index (χ1v) is 7.19. The first-order chi connectivity index (χ1) is 7.68. The van der Waals surface area contributed by atoms with Crippen molar-refractivity contribution < 1.29 is 0 Å². The SMILES string of the molecule is CC(C)C1=C(C(C)C)C(C)(C)CCN1C(C)C. The minimum atomic E-state index is 0.374. The summed E-state index contributed by atoms with van der Waals surface area (Å²) in [6, 6.07) is 0.622. The highest BCUT2D eigenvalue weighted by atomic mass is 15.2. The predicted octanol–water partition coefficient (Wildman–Crippen LogP) is 4.69. The van der Waals surface area contributed by atoms with E-state index in [2.05, 4.69) is 60.3 Å². The Kier molecular flexibility index (Phi) is 4.33.